The molecule has 6 heteroatoms. The second-order valence-corrected chi connectivity index (χ2v) is 5.70. The molecule has 1 amide bonds. The summed E-state index contributed by atoms with van der Waals surface area (Å²) in [4.78, 5) is 22.2. The highest BCUT2D eigenvalue weighted by Gasteiger charge is 2.14. The molecule has 106 valence electrons. The SMILES string of the molecule is CC(C)CSCCCNC(=O)c1ccc(C(=O)O)o1. The Morgan fingerprint density at radius 2 is 2.05 bits per heavy atom. The first-order valence-corrected chi connectivity index (χ1v) is 7.35. The molecule has 0 fully saturated rings. The van der Waals surface area contributed by atoms with E-state index in [1.807, 2.05) is 11.8 Å². The van der Waals surface area contributed by atoms with E-state index < -0.39 is 5.97 Å². The fourth-order valence-electron chi connectivity index (χ4n) is 1.36. The van der Waals surface area contributed by atoms with E-state index in [0.29, 0.717) is 12.5 Å². The van der Waals surface area contributed by atoms with Gasteiger partial charge in [0.2, 0.25) is 5.76 Å². The second kappa shape index (κ2) is 7.89. The summed E-state index contributed by atoms with van der Waals surface area (Å²) in [6.07, 6.45) is 0.885. The van der Waals surface area contributed by atoms with Crippen molar-refractivity contribution in [1.29, 1.82) is 0 Å². The number of aromatic carboxylic acids is 1. The average Bonchev–Trinajstić information content (AvgIpc) is 2.82. The first-order valence-electron chi connectivity index (χ1n) is 6.19. The van der Waals surface area contributed by atoms with Crippen molar-refractivity contribution in [3.05, 3.63) is 23.7 Å². The molecule has 0 unspecified atom stereocenters. The summed E-state index contributed by atoms with van der Waals surface area (Å²) >= 11 is 1.86. The molecule has 2 N–H and O–H groups in total. The number of carboxylic acid groups (broad SMARTS) is 1. The quantitative estimate of drug-likeness (QED) is 0.717. The number of amides is 1. The minimum atomic E-state index is -1.18. The molecule has 1 aromatic heterocycles. The van der Waals surface area contributed by atoms with Gasteiger partial charge in [-0.15, -0.1) is 0 Å². The van der Waals surface area contributed by atoms with Crippen LogP contribution in [-0.2, 0) is 0 Å². The number of carbonyl (C=O) groups is 2. The molecule has 1 rings (SSSR count). The van der Waals surface area contributed by atoms with Gasteiger partial charge in [0.25, 0.3) is 5.91 Å². The third-order valence-electron chi connectivity index (χ3n) is 2.24. The van der Waals surface area contributed by atoms with Gasteiger partial charge in [-0.2, -0.15) is 11.8 Å². The van der Waals surface area contributed by atoms with Gasteiger partial charge < -0.3 is 14.8 Å². The Kier molecular flexibility index (Phi) is 6.49. The molecule has 0 spiro atoms. The zero-order valence-corrected chi connectivity index (χ0v) is 12.0. The molecule has 5 nitrogen and oxygen atoms in total. The van der Waals surface area contributed by atoms with Crippen molar-refractivity contribution in [2.75, 3.05) is 18.1 Å². The zero-order valence-electron chi connectivity index (χ0n) is 11.1. The van der Waals surface area contributed by atoms with Crippen LogP contribution in [0.15, 0.2) is 16.5 Å². The van der Waals surface area contributed by atoms with E-state index in [-0.39, 0.29) is 17.4 Å². The molecule has 0 aliphatic rings. The average molecular weight is 285 g/mol. The van der Waals surface area contributed by atoms with Gasteiger partial charge in [0.05, 0.1) is 0 Å². The Bertz CT molecular complexity index is 428. The van der Waals surface area contributed by atoms with E-state index >= 15 is 0 Å². The number of thioether (sulfide) groups is 1. The maximum Gasteiger partial charge on any atom is 0.371 e. The lowest BCUT2D eigenvalue weighted by atomic mass is 10.3. The van der Waals surface area contributed by atoms with Crippen molar-refractivity contribution < 1.29 is 19.1 Å². The molecule has 0 aliphatic carbocycles. The number of carbonyl (C=O) groups excluding carboxylic acids is 1. The Morgan fingerprint density at radius 1 is 1.37 bits per heavy atom. The smallest absolute Gasteiger partial charge is 0.371 e. The molecule has 19 heavy (non-hydrogen) atoms. The maximum absolute atomic E-state index is 11.6. The molecule has 0 radical (unpaired) electrons. The van der Waals surface area contributed by atoms with E-state index in [1.54, 1.807) is 0 Å². The highest BCUT2D eigenvalue weighted by molar-refractivity contribution is 7.99. The van der Waals surface area contributed by atoms with Gasteiger partial charge in [0.1, 0.15) is 0 Å². The highest BCUT2D eigenvalue weighted by atomic mass is 32.2. The molecular weight excluding hydrogens is 266 g/mol. The molecular formula is C13H19NO4S. The third kappa shape index (κ3) is 5.83. The molecule has 0 atom stereocenters. The van der Waals surface area contributed by atoms with Crippen LogP contribution in [0.5, 0.6) is 0 Å². The molecule has 0 saturated carbocycles. The van der Waals surface area contributed by atoms with Gasteiger partial charge in [0.15, 0.2) is 5.76 Å². The summed E-state index contributed by atoms with van der Waals surface area (Å²) in [5, 5.41) is 11.4. The van der Waals surface area contributed by atoms with Crippen molar-refractivity contribution in [3.63, 3.8) is 0 Å². The number of hydrogen-bond donors (Lipinski definition) is 2. The summed E-state index contributed by atoms with van der Waals surface area (Å²) in [5.74, 6) is 1.05. The summed E-state index contributed by atoms with van der Waals surface area (Å²) in [5.41, 5.74) is 0. The minimum absolute atomic E-state index is 0.0345. The summed E-state index contributed by atoms with van der Waals surface area (Å²) in [6, 6.07) is 2.64. The Balaban J connectivity index is 2.22. The van der Waals surface area contributed by atoms with Crippen LogP contribution < -0.4 is 5.32 Å². The van der Waals surface area contributed by atoms with Crippen molar-refractivity contribution in [2.45, 2.75) is 20.3 Å². The van der Waals surface area contributed by atoms with Crippen LogP contribution in [0.4, 0.5) is 0 Å². The number of carboxylic acids is 1. The fraction of sp³-hybridized carbons (Fsp3) is 0.538. The predicted molar refractivity (Wildman–Crippen MR) is 74.8 cm³/mol. The third-order valence-corrected chi connectivity index (χ3v) is 3.72. The van der Waals surface area contributed by atoms with Gasteiger partial charge in [-0.3, -0.25) is 4.79 Å². The number of furan rings is 1. The van der Waals surface area contributed by atoms with Gasteiger partial charge >= 0.3 is 5.97 Å². The Labute approximate surface area is 116 Å². The van der Waals surface area contributed by atoms with Crippen molar-refractivity contribution in [1.82, 2.24) is 5.32 Å². The second-order valence-electron chi connectivity index (χ2n) is 4.55. The molecule has 0 aliphatic heterocycles. The molecule has 1 heterocycles. The standard InChI is InChI=1S/C13H19NO4S/c1-9(2)8-19-7-3-6-14-12(15)10-4-5-11(18-10)13(16)17/h4-5,9H,3,6-8H2,1-2H3,(H,14,15)(H,16,17). The van der Waals surface area contributed by atoms with Crippen molar-refractivity contribution in [2.24, 2.45) is 5.92 Å². The topological polar surface area (TPSA) is 79.5 Å². The summed E-state index contributed by atoms with van der Waals surface area (Å²) < 4.78 is 4.90. The number of nitrogens with one attached hydrogen (secondary N) is 1. The van der Waals surface area contributed by atoms with Gasteiger partial charge in [-0.25, -0.2) is 4.79 Å². The van der Waals surface area contributed by atoms with Crippen LogP contribution >= 0.6 is 11.8 Å². The zero-order chi connectivity index (χ0) is 14.3. The highest BCUT2D eigenvalue weighted by Crippen LogP contribution is 2.09. The molecule has 1 aromatic rings. The van der Waals surface area contributed by atoms with E-state index in [2.05, 4.69) is 19.2 Å². The maximum atomic E-state index is 11.6. The Hall–Kier alpha value is -1.43. The van der Waals surface area contributed by atoms with Crippen LogP contribution in [0.1, 0.15) is 41.4 Å². The first-order chi connectivity index (χ1) is 9.00. The van der Waals surface area contributed by atoms with Gasteiger partial charge in [-0.1, -0.05) is 13.8 Å². The largest absolute Gasteiger partial charge is 0.475 e. The monoisotopic (exact) mass is 285 g/mol. The van der Waals surface area contributed by atoms with E-state index in [4.69, 9.17) is 9.52 Å². The lowest BCUT2D eigenvalue weighted by molar-refractivity contribution is 0.0659. The number of rotatable bonds is 8. The van der Waals surface area contributed by atoms with Crippen molar-refractivity contribution in [3.8, 4) is 0 Å². The van der Waals surface area contributed by atoms with Crippen LogP contribution in [0, 0.1) is 5.92 Å². The minimum Gasteiger partial charge on any atom is -0.475 e. The molecule has 0 bridgehead atoms. The molecule has 0 aromatic carbocycles. The first kappa shape index (κ1) is 15.6. The normalized spacial score (nSPS) is 10.7. The van der Waals surface area contributed by atoms with Crippen LogP contribution in [0.25, 0.3) is 0 Å². The van der Waals surface area contributed by atoms with Crippen LogP contribution in [-0.4, -0.2) is 35.0 Å². The van der Waals surface area contributed by atoms with Crippen LogP contribution in [0.3, 0.4) is 0 Å². The summed E-state index contributed by atoms with van der Waals surface area (Å²) in [7, 11) is 0. The van der Waals surface area contributed by atoms with E-state index in [1.165, 1.54) is 12.1 Å². The van der Waals surface area contributed by atoms with E-state index in [0.717, 1.165) is 17.9 Å². The van der Waals surface area contributed by atoms with Crippen molar-refractivity contribution >= 4 is 23.6 Å². The lowest BCUT2D eigenvalue weighted by Gasteiger charge is -2.05. The number of hydrogen-bond acceptors (Lipinski definition) is 4. The fourth-order valence-corrected chi connectivity index (χ4v) is 2.34. The van der Waals surface area contributed by atoms with Gasteiger partial charge in [-0.05, 0) is 36.0 Å². The Morgan fingerprint density at radius 3 is 2.63 bits per heavy atom. The molecule has 0 saturated heterocycles. The van der Waals surface area contributed by atoms with Gasteiger partial charge in [0, 0.05) is 6.54 Å². The predicted octanol–water partition coefficient (Wildman–Crippen LogP) is 2.49. The summed E-state index contributed by atoms with van der Waals surface area (Å²) in [6.45, 7) is 4.91. The lowest BCUT2D eigenvalue weighted by Crippen LogP contribution is -2.24. The van der Waals surface area contributed by atoms with Crippen LogP contribution in [0.2, 0.25) is 0 Å². The van der Waals surface area contributed by atoms with E-state index in [9.17, 15) is 9.59 Å².